The molecule has 0 unspecified atom stereocenters. The van der Waals surface area contributed by atoms with Gasteiger partial charge in [-0.2, -0.15) is 13.2 Å². The largest absolute Gasteiger partial charge is 0.416 e. The van der Waals surface area contributed by atoms with Gasteiger partial charge in [-0.25, -0.2) is 0 Å². The molecule has 1 aliphatic carbocycles. The maximum atomic E-state index is 12.3. The summed E-state index contributed by atoms with van der Waals surface area (Å²) in [6.07, 6.45) is -3.49. The third kappa shape index (κ3) is 1.77. The molecule has 0 heterocycles. The molecule has 0 bridgehead atoms. The van der Waals surface area contributed by atoms with E-state index in [9.17, 15) is 13.2 Å². The minimum Gasteiger partial charge on any atom is -0.166 e. The zero-order valence-electron chi connectivity index (χ0n) is 8.64. The van der Waals surface area contributed by atoms with Crippen molar-refractivity contribution in [1.29, 1.82) is 0 Å². The summed E-state index contributed by atoms with van der Waals surface area (Å²) in [7, 11) is 0. The highest BCUT2D eigenvalue weighted by molar-refractivity contribution is 5.47. The molecule has 2 rings (SSSR count). The van der Waals surface area contributed by atoms with Crippen molar-refractivity contribution in [3.05, 3.63) is 59.7 Å². The monoisotopic (exact) mass is 224 g/mol. The molecule has 0 aromatic heterocycles. The molecule has 0 aliphatic heterocycles. The maximum absolute atomic E-state index is 12.3. The molecule has 16 heavy (non-hydrogen) atoms. The van der Waals surface area contributed by atoms with Crippen LogP contribution in [0.1, 0.15) is 23.5 Å². The van der Waals surface area contributed by atoms with Gasteiger partial charge in [0.05, 0.1) is 5.56 Å². The lowest BCUT2D eigenvalue weighted by Gasteiger charge is -2.32. The van der Waals surface area contributed by atoms with Gasteiger partial charge in [0.25, 0.3) is 0 Å². The first-order chi connectivity index (χ1) is 7.39. The van der Waals surface area contributed by atoms with Crippen LogP contribution >= 0.6 is 0 Å². The smallest absolute Gasteiger partial charge is 0.166 e. The van der Waals surface area contributed by atoms with Crippen molar-refractivity contribution in [3.63, 3.8) is 0 Å². The standard InChI is InChI=1S/C13H11F3/c1-8-7-9(2)12(8)10-3-5-11(6-4-10)13(14,15)16/h3-6,12H,1-2,7H2. The minimum atomic E-state index is -4.27. The van der Waals surface area contributed by atoms with Gasteiger partial charge >= 0.3 is 6.18 Å². The molecule has 0 nitrogen and oxygen atoms in total. The summed E-state index contributed by atoms with van der Waals surface area (Å²) in [4.78, 5) is 0. The number of rotatable bonds is 1. The second-order valence-corrected chi connectivity index (χ2v) is 4.05. The average Bonchev–Trinajstić information content (AvgIpc) is 2.16. The number of alkyl halides is 3. The normalized spacial score (nSPS) is 17.4. The Kier molecular flexibility index (Phi) is 2.41. The Labute approximate surface area is 92.1 Å². The lowest BCUT2D eigenvalue weighted by atomic mass is 9.72. The van der Waals surface area contributed by atoms with Gasteiger partial charge in [0.15, 0.2) is 0 Å². The summed E-state index contributed by atoms with van der Waals surface area (Å²) in [6.45, 7) is 7.71. The van der Waals surface area contributed by atoms with Crippen molar-refractivity contribution in [1.82, 2.24) is 0 Å². The van der Waals surface area contributed by atoms with E-state index in [1.807, 2.05) is 0 Å². The van der Waals surface area contributed by atoms with Crippen LogP contribution in [0.3, 0.4) is 0 Å². The zero-order valence-corrected chi connectivity index (χ0v) is 8.64. The van der Waals surface area contributed by atoms with Crippen molar-refractivity contribution in [3.8, 4) is 0 Å². The lowest BCUT2D eigenvalue weighted by molar-refractivity contribution is -0.137. The van der Waals surface area contributed by atoms with Crippen LogP contribution < -0.4 is 0 Å². The van der Waals surface area contributed by atoms with E-state index >= 15 is 0 Å². The van der Waals surface area contributed by atoms with Crippen LogP contribution in [0.15, 0.2) is 48.6 Å². The fraction of sp³-hybridized carbons (Fsp3) is 0.231. The van der Waals surface area contributed by atoms with Crippen LogP contribution in [0.2, 0.25) is 0 Å². The Bertz CT molecular complexity index is 423. The average molecular weight is 224 g/mol. The summed E-state index contributed by atoms with van der Waals surface area (Å²) in [5, 5.41) is 0. The maximum Gasteiger partial charge on any atom is 0.416 e. The Morgan fingerprint density at radius 3 is 1.88 bits per heavy atom. The van der Waals surface area contributed by atoms with Crippen molar-refractivity contribution < 1.29 is 13.2 Å². The van der Waals surface area contributed by atoms with Crippen LogP contribution in [-0.2, 0) is 6.18 Å². The third-order valence-electron chi connectivity index (χ3n) is 2.84. The summed E-state index contributed by atoms with van der Waals surface area (Å²) < 4.78 is 37.0. The van der Waals surface area contributed by atoms with E-state index in [0.29, 0.717) is 0 Å². The highest BCUT2D eigenvalue weighted by atomic mass is 19.4. The number of benzene rings is 1. The molecule has 0 radical (unpaired) electrons. The molecule has 0 saturated heterocycles. The Balaban J connectivity index is 2.26. The molecule has 0 spiro atoms. The van der Waals surface area contributed by atoms with Crippen molar-refractivity contribution in [2.75, 3.05) is 0 Å². The Morgan fingerprint density at radius 2 is 1.50 bits per heavy atom. The van der Waals surface area contributed by atoms with Crippen LogP contribution in [0.5, 0.6) is 0 Å². The summed E-state index contributed by atoms with van der Waals surface area (Å²) in [6, 6.07) is 5.22. The minimum absolute atomic E-state index is 0.0438. The molecule has 0 amide bonds. The SMILES string of the molecule is C=C1CC(=C)C1c1ccc(C(F)(F)F)cc1. The van der Waals surface area contributed by atoms with Gasteiger partial charge in [0.2, 0.25) is 0 Å². The van der Waals surface area contributed by atoms with Crippen LogP contribution in [0.4, 0.5) is 13.2 Å². The number of halogens is 3. The molecule has 3 heteroatoms. The summed E-state index contributed by atoms with van der Waals surface area (Å²) in [5.41, 5.74) is 2.26. The number of allylic oxidation sites excluding steroid dienone is 2. The molecule has 1 aromatic rings. The first-order valence-electron chi connectivity index (χ1n) is 4.92. The molecular weight excluding hydrogens is 213 g/mol. The lowest BCUT2D eigenvalue weighted by Crippen LogP contribution is -2.16. The van der Waals surface area contributed by atoms with Gasteiger partial charge in [0.1, 0.15) is 0 Å². The number of hydrogen-bond acceptors (Lipinski definition) is 0. The molecule has 0 atom stereocenters. The molecular formula is C13H11F3. The van der Waals surface area contributed by atoms with Gasteiger partial charge in [-0.1, -0.05) is 36.4 Å². The van der Waals surface area contributed by atoms with Gasteiger partial charge in [-0.05, 0) is 24.1 Å². The fourth-order valence-electron chi connectivity index (χ4n) is 1.99. The van der Waals surface area contributed by atoms with Gasteiger partial charge < -0.3 is 0 Å². The molecule has 84 valence electrons. The Hall–Kier alpha value is -1.51. The molecule has 1 fully saturated rings. The third-order valence-corrected chi connectivity index (χ3v) is 2.84. The number of hydrogen-bond donors (Lipinski definition) is 0. The van der Waals surface area contributed by atoms with Gasteiger partial charge in [0, 0.05) is 5.92 Å². The van der Waals surface area contributed by atoms with Crippen LogP contribution in [-0.4, -0.2) is 0 Å². The highest BCUT2D eigenvalue weighted by Crippen LogP contribution is 2.45. The van der Waals surface area contributed by atoms with E-state index in [4.69, 9.17) is 0 Å². The second-order valence-electron chi connectivity index (χ2n) is 4.05. The van der Waals surface area contributed by atoms with E-state index in [2.05, 4.69) is 13.2 Å². The first-order valence-corrected chi connectivity index (χ1v) is 4.92. The molecule has 1 aliphatic rings. The van der Waals surface area contributed by atoms with E-state index < -0.39 is 11.7 Å². The second kappa shape index (κ2) is 3.51. The van der Waals surface area contributed by atoms with Gasteiger partial charge in [-0.3, -0.25) is 0 Å². The Morgan fingerprint density at radius 1 is 1.00 bits per heavy atom. The van der Waals surface area contributed by atoms with Gasteiger partial charge in [-0.15, -0.1) is 0 Å². The summed E-state index contributed by atoms with van der Waals surface area (Å²) in [5.74, 6) is 0.0438. The highest BCUT2D eigenvalue weighted by Gasteiger charge is 2.32. The van der Waals surface area contributed by atoms with E-state index in [1.165, 1.54) is 12.1 Å². The predicted molar refractivity (Wildman–Crippen MR) is 57.1 cm³/mol. The quantitative estimate of drug-likeness (QED) is 0.624. The van der Waals surface area contributed by atoms with E-state index in [0.717, 1.165) is 35.3 Å². The van der Waals surface area contributed by atoms with Crippen LogP contribution in [0.25, 0.3) is 0 Å². The van der Waals surface area contributed by atoms with Crippen LogP contribution in [0, 0.1) is 0 Å². The van der Waals surface area contributed by atoms with Crippen molar-refractivity contribution in [2.45, 2.75) is 18.5 Å². The molecule has 1 aromatic carbocycles. The van der Waals surface area contributed by atoms with E-state index in [1.54, 1.807) is 0 Å². The molecule has 1 saturated carbocycles. The topological polar surface area (TPSA) is 0 Å². The zero-order chi connectivity index (χ0) is 11.9. The summed E-state index contributed by atoms with van der Waals surface area (Å²) >= 11 is 0. The fourth-order valence-corrected chi connectivity index (χ4v) is 1.99. The van der Waals surface area contributed by atoms with E-state index in [-0.39, 0.29) is 5.92 Å². The van der Waals surface area contributed by atoms with Crippen molar-refractivity contribution in [2.24, 2.45) is 0 Å². The predicted octanol–water partition coefficient (Wildman–Crippen LogP) is 4.31. The first kappa shape index (κ1) is 11.0. The van der Waals surface area contributed by atoms with Crippen molar-refractivity contribution >= 4 is 0 Å². The molecule has 0 N–H and O–H groups in total.